The maximum Gasteiger partial charge on any atom is 0.307 e. The summed E-state index contributed by atoms with van der Waals surface area (Å²) < 4.78 is 0. The molecular formula is C15H24N2O3. The molecule has 5 nitrogen and oxygen atoms in total. The molecule has 0 spiro atoms. The average molecular weight is 280 g/mol. The minimum Gasteiger partial charge on any atom is -0.481 e. The summed E-state index contributed by atoms with van der Waals surface area (Å²) in [7, 11) is 0. The fourth-order valence-electron chi connectivity index (χ4n) is 3.03. The van der Waals surface area contributed by atoms with Gasteiger partial charge in [0.1, 0.15) is 0 Å². The molecule has 0 heterocycles. The molecule has 1 aliphatic rings. The topological polar surface area (TPSA) is 81.4 Å². The second-order valence-electron chi connectivity index (χ2n) is 5.83. The van der Waals surface area contributed by atoms with Gasteiger partial charge >= 0.3 is 5.97 Å². The van der Waals surface area contributed by atoms with Crippen LogP contribution in [0.15, 0.2) is 0 Å². The lowest BCUT2D eigenvalue weighted by atomic mass is 9.94. The van der Waals surface area contributed by atoms with Gasteiger partial charge in [0.05, 0.1) is 24.3 Å². The number of amides is 1. The number of hydrogen-bond donors (Lipinski definition) is 1. The standard InChI is InChI=1S/C15H24N2O3/c1-4-11-8-12(13(9-11)15(19)20)14(18)17(10(2)3)7-5-6-16/h10-13H,4-5,7-9H2,1-3H3,(H,19,20). The van der Waals surface area contributed by atoms with Gasteiger partial charge in [-0.05, 0) is 32.6 Å². The van der Waals surface area contributed by atoms with Crippen molar-refractivity contribution in [2.24, 2.45) is 17.8 Å². The maximum absolute atomic E-state index is 12.6. The predicted molar refractivity (Wildman–Crippen MR) is 74.7 cm³/mol. The van der Waals surface area contributed by atoms with Crippen LogP contribution in [0.2, 0.25) is 0 Å². The average Bonchev–Trinajstić information content (AvgIpc) is 2.82. The van der Waals surface area contributed by atoms with Crippen molar-refractivity contribution in [1.82, 2.24) is 4.90 Å². The molecule has 3 unspecified atom stereocenters. The molecule has 1 aliphatic carbocycles. The minimum atomic E-state index is -0.872. The van der Waals surface area contributed by atoms with Crippen LogP contribution in [0.4, 0.5) is 0 Å². The van der Waals surface area contributed by atoms with E-state index in [2.05, 4.69) is 0 Å². The van der Waals surface area contributed by atoms with Gasteiger partial charge in [0.15, 0.2) is 0 Å². The monoisotopic (exact) mass is 280 g/mol. The molecule has 0 bridgehead atoms. The molecule has 1 saturated carbocycles. The first-order chi connectivity index (χ1) is 9.42. The highest BCUT2D eigenvalue weighted by Gasteiger charge is 2.43. The first-order valence-electron chi connectivity index (χ1n) is 7.32. The van der Waals surface area contributed by atoms with Crippen molar-refractivity contribution in [3.05, 3.63) is 0 Å². The fraction of sp³-hybridized carbons (Fsp3) is 0.800. The zero-order valence-corrected chi connectivity index (χ0v) is 12.5. The largest absolute Gasteiger partial charge is 0.481 e. The van der Waals surface area contributed by atoms with Crippen molar-refractivity contribution in [2.45, 2.75) is 52.5 Å². The second kappa shape index (κ2) is 7.28. The third-order valence-corrected chi connectivity index (χ3v) is 4.24. The molecule has 0 saturated heterocycles. The van der Waals surface area contributed by atoms with Gasteiger partial charge in [0.25, 0.3) is 0 Å². The number of carboxylic acid groups (broad SMARTS) is 1. The summed E-state index contributed by atoms with van der Waals surface area (Å²) >= 11 is 0. The number of hydrogen-bond acceptors (Lipinski definition) is 3. The first kappa shape index (κ1) is 16.5. The lowest BCUT2D eigenvalue weighted by Gasteiger charge is -2.30. The van der Waals surface area contributed by atoms with Crippen LogP contribution in [0.5, 0.6) is 0 Å². The van der Waals surface area contributed by atoms with Crippen molar-refractivity contribution in [3.63, 3.8) is 0 Å². The number of rotatable bonds is 6. The molecule has 0 aromatic heterocycles. The third-order valence-electron chi connectivity index (χ3n) is 4.24. The molecule has 5 heteroatoms. The number of nitrogens with zero attached hydrogens (tertiary/aromatic N) is 2. The maximum atomic E-state index is 12.6. The summed E-state index contributed by atoms with van der Waals surface area (Å²) in [6, 6.07) is 2.03. The van der Waals surface area contributed by atoms with E-state index < -0.39 is 17.8 Å². The van der Waals surface area contributed by atoms with Crippen LogP contribution in [0.3, 0.4) is 0 Å². The van der Waals surface area contributed by atoms with Gasteiger partial charge in [-0.2, -0.15) is 5.26 Å². The van der Waals surface area contributed by atoms with Gasteiger partial charge in [-0.3, -0.25) is 9.59 Å². The summed E-state index contributed by atoms with van der Waals surface area (Å²) in [4.78, 5) is 25.6. The summed E-state index contributed by atoms with van der Waals surface area (Å²) in [5.74, 6) is -1.66. The van der Waals surface area contributed by atoms with Crippen LogP contribution < -0.4 is 0 Å². The molecule has 1 N–H and O–H groups in total. The van der Waals surface area contributed by atoms with Crippen LogP contribution in [-0.2, 0) is 9.59 Å². The SMILES string of the molecule is CCC1CC(C(=O)O)C(C(=O)N(CCC#N)C(C)C)C1. The number of carbonyl (C=O) groups excluding carboxylic acids is 1. The molecule has 20 heavy (non-hydrogen) atoms. The quantitative estimate of drug-likeness (QED) is 0.809. The van der Waals surface area contributed by atoms with Crippen LogP contribution in [-0.4, -0.2) is 34.5 Å². The van der Waals surface area contributed by atoms with E-state index >= 15 is 0 Å². The molecule has 1 amide bonds. The highest BCUT2D eigenvalue weighted by molar-refractivity contribution is 5.85. The van der Waals surface area contributed by atoms with Crippen molar-refractivity contribution in [1.29, 1.82) is 5.26 Å². The van der Waals surface area contributed by atoms with E-state index in [1.165, 1.54) is 0 Å². The molecule has 0 aliphatic heterocycles. The molecule has 0 radical (unpaired) electrons. The molecule has 0 aromatic carbocycles. The van der Waals surface area contributed by atoms with Gasteiger partial charge in [0, 0.05) is 12.6 Å². The Balaban J connectivity index is 2.86. The van der Waals surface area contributed by atoms with E-state index in [0.29, 0.717) is 25.3 Å². The minimum absolute atomic E-state index is 0.00836. The third kappa shape index (κ3) is 3.72. The van der Waals surface area contributed by atoms with Crippen molar-refractivity contribution in [3.8, 4) is 6.07 Å². The number of aliphatic carboxylic acids is 1. The zero-order chi connectivity index (χ0) is 15.3. The molecule has 112 valence electrons. The highest BCUT2D eigenvalue weighted by Crippen LogP contribution is 2.39. The summed E-state index contributed by atoms with van der Waals surface area (Å²) in [6.07, 6.45) is 2.44. The van der Waals surface area contributed by atoms with Gasteiger partial charge in [0.2, 0.25) is 5.91 Å². The Morgan fingerprint density at radius 2 is 1.95 bits per heavy atom. The Kier molecular flexibility index (Phi) is 6.00. The van der Waals surface area contributed by atoms with Crippen LogP contribution in [0.25, 0.3) is 0 Å². The summed E-state index contributed by atoms with van der Waals surface area (Å²) in [6.45, 7) is 6.22. The number of carbonyl (C=O) groups is 2. The smallest absolute Gasteiger partial charge is 0.307 e. The van der Waals surface area contributed by atoms with Crippen molar-refractivity contribution < 1.29 is 14.7 Å². The van der Waals surface area contributed by atoms with Crippen LogP contribution >= 0.6 is 0 Å². The lowest BCUT2D eigenvalue weighted by Crippen LogP contribution is -2.43. The fourth-order valence-corrected chi connectivity index (χ4v) is 3.03. The second-order valence-corrected chi connectivity index (χ2v) is 5.83. The molecule has 0 aromatic rings. The number of nitriles is 1. The first-order valence-corrected chi connectivity index (χ1v) is 7.32. The van der Waals surface area contributed by atoms with Gasteiger partial charge in [-0.25, -0.2) is 0 Å². The predicted octanol–water partition coefficient (Wildman–Crippen LogP) is 2.27. The summed E-state index contributed by atoms with van der Waals surface area (Å²) in [5.41, 5.74) is 0. The Bertz CT molecular complexity index is 400. The van der Waals surface area contributed by atoms with Gasteiger partial charge in [-0.15, -0.1) is 0 Å². The normalized spacial score (nSPS) is 25.4. The van der Waals surface area contributed by atoms with E-state index in [-0.39, 0.29) is 18.4 Å². The molecule has 1 fully saturated rings. The van der Waals surface area contributed by atoms with Gasteiger partial charge in [-0.1, -0.05) is 13.3 Å². The van der Waals surface area contributed by atoms with E-state index in [9.17, 15) is 14.7 Å². The lowest BCUT2D eigenvalue weighted by molar-refractivity contribution is -0.149. The van der Waals surface area contributed by atoms with E-state index in [0.717, 1.165) is 6.42 Å². The molecular weight excluding hydrogens is 256 g/mol. The summed E-state index contributed by atoms with van der Waals surface area (Å²) in [5, 5.41) is 18.0. The Morgan fingerprint density at radius 3 is 2.40 bits per heavy atom. The van der Waals surface area contributed by atoms with E-state index in [1.54, 1.807) is 4.90 Å². The zero-order valence-electron chi connectivity index (χ0n) is 12.5. The van der Waals surface area contributed by atoms with Crippen molar-refractivity contribution in [2.75, 3.05) is 6.54 Å². The Hall–Kier alpha value is -1.57. The number of carboxylic acids is 1. The Labute approximate surface area is 120 Å². The molecule has 3 atom stereocenters. The van der Waals surface area contributed by atoms with Crippen molar-refractivity contribution >= 4 is 11.9 Å². The van der Waals surface area contributed by atoms with Crippen LogP contribution in [0.1, 0.15) is 46.5 Å². The van der Waals surface area contributed by atoms with Crippen LogP contribution in [0, 0.1) is 29.1 Å². The Morgan fingerprint density at radius 1 is 1.35 bits per heavy atom. The molecule has 1 rings (SSSR count). The highest BCUT2D eigenvalue weighted by atomic mass is 16.4. The van der Waals surface area contributed by atoms with E-state index in [1.807, 2.05) is 26.8 Å². The van der Waals surface area contributed by atoms with E-state index in [4.69, 9.17) is 5.26 Å². The van der Waals surface area contributed by atoms with Gasteiger partial charge < -0.3 is 10.0 Å².